The van der Waals surface area contributed by atoms with Gasteiger partial charge in [-0.05, 0) is 157 Å². The van der Waals surface area contributed by atoms with Gasteiger partial charge in [-0.15, -0.1) is 0 Å². The molecule has 12 rings (SSSR count). The van der Waals surface area contributed by atoms with Gasteiger partial charge in [0, 0.05) is 72.8 Å². The van der Waals surface area contributed by atoms with Crippen LogP contribution in [0.1, 0.15) is 22.3 Å². The van der Waals surface area contributed by atoms with Gasteiger partial charge in [0.05, 0.1) is 69.0 Å². The van der Waals surface area contributed by atoms with Crippen LogP contribution in [0.25, 0.3) is 72.5 Å². The predicted octanol–water partition coefficient (Wildman–Crippen LogP) is 16.7. The highest BCUT2D eigenvalue weighted by molar-refractivity contribution is 6.12. The van der Waals surface area contributed by atoms with Crippen molar-refractivity contribution in [2.45, 2.75) is 0 Å². The fourth-order valence-corrected chi connectivity index (χ4v) is 10.1. The molecule has 358 valence electrons. The second-order valence-electron chi connectivity index (χ2n) is 18.3. The number of anilines is 6. The van der Waals surface area contributed by atoms with Crippen molar-refractivity contribution in [3.8, 4) is 75.0 Å². The van der Waals surface area contributed by atoms with Gasteiger partial charge in [-0.25, -0.2) is 9.97 Å². The number of nitrogens with zero attached hydrogens (tertiary/aromatic N) is 9. The van der Waals surface area contributed by atoms with Gasteiger partial charge in [0.1, 0.15) is 0 Å². The van der Waals surface area contributed by atoms with Crippen molar-refractivity contribution in [1.29, 1.82) is 21.0 Å². The molecule has 0 radical (unpaired) electrons. The molecule has 2 aromatic heterocycles. The van der Waals surface area contributed by atoms with E-state index in [0.717, 1.165) is 67.2 Å². The lowest BCUT2D eigenvalue weighted by atomic mass is 9.92. The summed E-state index contributed by atoms with van der Waals surface area (Å²) in [6, 6.07) is 91.5. The number of aromatic nitrogens is 3. The zero-order valence-electron chi connectivity index (χ0n) is 41.2. The topological polar surface area (TPSA) is 132 Å². The molecule has 0 spiro atoms. The van der Waals surface area contributed by atoms with Crippen molar-refractivity contribution in [1.82, 2.24) is 14.5 Å². The molecule has 0 bridgehead atoms. The monoisotopic (exact) mass is 983 g/mol. The molecule has 0 atom stereocenters. The number of rotatable bonds is 11. The molecule has 0 unspecified atom stereocenters. The predicted molar refractivity (Wildman–Crippen MR) is 306 cm³/mol. The highest BCUT2D eigenvalue weighted by atomic mass is 15.1. The lowest BCUT2D eigenvalue weighted by molar-refractivity contribution is 1.18. The van der Waals surface area contributed by atoms with Crippen molar-refractivity contribution >= 4 is 55.9 Å². The normalized spacial score (nSPS) is 10.8. The Morgan fingerprint density at radius 3 is 1.12 bits per heavy atom. The molecule has 10 aromatic carbocycles. The lowest BCUT2D eigenvalue weighted by Crippen LogP contribution is -2.09. The van der Waals surface area contributed by atoms with E-state index < -0.39 is 0 Å². The average molecular weight is 984 g/mol. The minimum atomic E-state index is 0.310. The van der Waals surface area contributed by atoms with Gasteiger partial charge in [-0.3, -0.25) is 0 Å². The van der Waals surface area contributed by atoms with Crippen molar-refractivity contribution in [3.63, 3.8) is 0 Å². The standard InChI is InChI=1S/C68H41N9/c69-42-46-21-25-48(26-22-46)63-41-64(74-68(73-63)50-27-23-47(43-70)24-28-50)51-37-52(44-71)67(53(38-51)45-72)49-29-31-58(32-30-49)77-65-35-33-59(75(54-13-5-1-6-14-54)55-15-7-2-8-16-55)39-61(65)62-40-60(34-36-66(62)77)76(56-17-9-3-10-18-56)57-19-11-4-12-20-57/h1-41H. The van der Waals surface area contributed by atoms with Crippen molar-refractivity contribution in [2.75, 3.05) is 9.80 Å². The summed E-state index contributed by atoms with van der Waals surface area (Å²) < 4.78 is 2.28. The number of hydrogen-bond donors (Lipinski definition) is 0. The van der Waals surface area contributed by atoms with Crippen molar-refractivity contribution < 1.29 is 0 Å². The third kappa shape index (κ3) is 8.92. The van der Waals surface area contributed by atoms with Crippen LogP contribution in [0.5, 0.6) is 0 Å². The lowest BCUT2D eigenvalue weighted by Gasteiger charge is -2.26. The Labute approximate surface area is 445 Å². The first-order valence-corrected chi connectivity index (χ1v) is 24.9. The van der Waals surface area contributed by atoms with Crippen LogP contribution in [-0.2, 0) is 0 Å². The maximum Gasteiger partial charge on any atom is 0.160 e. The third-order valence-electron chi connectivity index (χ3n) is 13.7. The molecule has 0 fully saturated rings. The summed E-state index contributed by atoms with van der Waals surface area (Å²) in [5.74, 6) is 0.398. The van der Waals surface area contributed by atoms with E-state index in [2.05, 4.69) is 172 Å². The van der Waals surface area contributed by atoms with Crippen LogP contribution in [0.2, 0.25) is 0 Å². The zero-order chi connectivity index (χ0) is 52.2. The first-order valence-electron chi connectivity index (χ1n) is 24.9. The Morgan fingerprint density at radius 1 is 0.325 bits per heavy atom. The first kappa shape index (κ1) is 46.7. The van der Waals surface area contributed by atoms with E-state index in [1.54, 1.807) is 48.5 Å². The Hall–Kier alpha value is -11.4. The molecule has 0 amide bonds. The molecule has 77 heavy (non-hydrogen) atoms. The van der Waals surface area contributed by atoms with E-state index in [1.807, 2.05) is 66.7 Å². The Bertz CT molecular complexity index is 4010. The number of para-hydroxylation sites is 4. The second kappa shape index (κ2) is 20.3. The summed E-state index contributed by atoms with van der Waals surface area (Å²) in [7, 11) is 0. The molecule has 0 aliphatic rings. The molecular weight excluding hydrogens is 943 g/mol. The summed E-state index contributed by atoms with van der Waals surface area (Å²) >= 11 is 0. The molecular formula is C68H41N9. The summed E-state index contributed by atoms with van der Waals surface area (Å²) in [4.78, 5) is 14.4. The van der Waals surface area contributed by atoms with Crippen LogP contribution in [0, 0.1) is 45.3 Å². The van der Waals surface area contributed by atoms with E-state index >= 15 is 0 Å². The largest absolute Gasteiger partial charge is 0.310 e. The maximum absolute atomic E-state index is 10.8. The number of fused-ring (bicyclic) bond motifs is 3. The quantitative estimate of drug-likeness (QED) is 0.125. The molecule has 0 saturated heterocycles. The molecule has 0 N–H and O–H groups in total. The summed E-state index contributed by atoms with van der Waals surface area (Å²) in [5, 5.41) is 42.7. The number of hydrogen-bond acceptors (Lipinski definition) is 8. The Kier molecular flexibility index (Phi) is 12.3. The van der Waals surface area contributed by atoms with E-state index in [-0.39, 0.29) is 0 Å². The minimum Gasteiger partial charge on any atom is -0.310 e. The van der Waals surface area contributed by atoms with Crippen molar-refractivity contribution in [2.24, 2.45) is 0 Å². The van der Waals surface area contributed by atoms with Crippen LogP contribution >= 0.6 is 0 Å². The van der Waals surface area contributed by atoms with E-state index in [9.17, 15) is 21.0 Å². The van der Waals surface area contributed by atoms with Crippen LogP contribution in [0.3, 0.4) is 0 Å². The highest BCUT2D eigenvalue weighted by Gasteiger charge is 2.22. The van der Waals surface area contributed by atoms with Gasteiger partial charge in [0.25, 0.3) is 0 Å². The Balaban J connectivity index is 0.989. The average Bonchev–Trinajstić information content (AvgIpc) is 3.88. The second-order valence-corrected chi connectivity index (χ2v) is 18.3. The maximum atomic E-state index is 10.8. The summed E-state index contributed by atoms with van der Waals surface area (Å²) in [6.45, 7) is 0. The van der Waals surface area contributed by atoms with E-state index in [4.69, 9.17) is 9.97 Å². The first-order chi connectivity index (χ1) is 38.0. The highest BCUT2D eigenvalue weighted by Crippen LogP contribution is 2.43. The fourth-order valence-electron chi connectivity index (χ4n) is 10.1. The van der Waals surface area contributed by atoms with Crippen LogP contribution in [0.15, 0.2) is 249 Å². The van der Waals surface area contributed by atoms with Gasteiger partial charge >= 0.3 is 0 Å². The molecule has 12 aromatic rings. The van der Waals surface area contributed by atoms with Gasteiger partial charge < -0.3 is 14.4 Å². The van der Waals surface area contributed by atoms with Gasteiger partial charge in [-0.2, -0.15) is 21.0 Å². The third-order valence-corrected chi connectivity index (χ3v) is 13.7. The molecule has 9 heteroatoms. The van der Waals surface area contributed by atoms with Crippen molar-refractivity contribution in [3.05, 3.63) is 271 Å². The summed E-state index contributed by atoms with van der Waals surface area (Å²) in [6.07, 6.45) is 0. The fraction of sp³-hybridized carbons (Fsp3) is 0. The van der Waals surface area contributed by atoms with Crippen LogP contribution < -0.4 is 9.80 Å². The summed E-state index contributed by atoms with van der Waals surface area (Å²) in [5.41, 5.74) is 15.0. The number of nitriles is 4. The Morgan fingerprint density at radius 2 is 0.714 bits per heavy atom. The molecule has 0 aliphatic carbocycles. The SMILES string of the molecule is N#Cc1ccc(-c2cc(-c3cc(C#N)c(-c4ccc(-n5c6ccc(N(c7ccccc7)c7ccccc7)cc6c6cc(N(c7ccccc7)c7ccccc7)ccc65)cc4)c(C#N)c3)nc(-c3ccc(C#N)cc3)n2)cc1. The van der Waals surface area contributed by atoms with Crippen LogP contribution in [0.4, 0.5) is 34.1 Å². The van der Waals surface area contributed by atoms with Gasteiger partial charge in [0.2, 0.25) is 0 Å². The molecule has 2 heterocycles. The molecule has 0 aliphatic heterocycles. The van der Waals surface area contributed by atoms with Crippen LogP contribution in [-0.4, -0.2) is 14.5 Å². The van der Waals surface area contributed by atoms with Gasteiger partial charge in [0.15, 0.2) is 5.82 Å². The zero-order valence-corrected chi connectivity index (χ0v) is 41.2. The number of benzene rings is 10. The smallest absolute Gasteiger partial charge is 0.160 e. The molecule has 0 saturated carbocycles. The minimum absolute atomic E-state index is 0.310. The van der Waals surface area contributed by atoms with E-state index in [0.29, 0.717) is 61.7 Å². The van der Waals surface area contributed by atoms with Gasteiger partial charge in [-0.1, -0.05) is 97.1 Å². The van der Waals surface area contributed by atoms with E-state index in [1.165, 1.54) is 0 Å². The molecule has 9 nitrogen and oxygen atoms in total.